The first-order chi connectivity index (χ1) is 10.6. The third-order valence-corrected chi connectivity index (χ3v) is 3.16. The molecular formula is C15H12ClN5O. The second-order valence-electron chi connectivity index (χ2n) is 4.43. The molecule has 1 aromatic heterocycles. The van der Waals surface area contributed by atoms with Gasteiger partial charge in [0.2, 0.25) is 11.9 Å². The fourth-order valence-electron chi connectivity index (χ4n) is 1.86. The van der Waals surface area contributed by atoms with Gasteiger partial charge in [0.15, 0.2) is 5.82 Å². The number of anilines is 2. The summed E-state index contributed by atoms with van der Waals surface area (Å²) < 4.78 is 5.71. The van der Waals surface area contributed by atoms with Crippen molar-refractivity contribution in [3.8, 4) is 22.9 Å². The van der Waals surface area contributed by atoms with Gasteiger partial charge in [0.25, 0.3) is 0 Å². The maximum absolute atomic E-state index is 6.06. The zero-order chi connectivity index (χ0) is 15.5. The Morgan fingerprint density at radius 1 is 0.818 bits per heavy atom. The van der Waals surface area contributed by atoms with E-state index in [1.165, 1.54) is 0 Å². The van der Waals surface area contributed by atoms with E-state index in [1.807, 2.05) is 12.1 Å². The van der Waals surface area contributed by atoms with Gasteiger partial charge >= 0.3 is 0 Å². The number of rotatable bonds is 3. The van der Waals surface area contributed by atoms with E-state index in [4.69, 9.17) is 27.8 Å². The fourth-order valence-corrected chi connectivity index (χ4v) is 2.04. The van der Waals surface area contributed by atoms with Gasteiger partial charge in [-0.15, -0.1) is 0 Å². The van der Waals surface area contributed by atoms with Crippen LogP contribution < -0.4 is 16.2 Å². The first kappa shape index (κ1) is 14.1. The van der Waals surface area contributed by atoms with Gasteiger partial charge in [-0.25, -0.2) is 0 Å². The summed E-state index contributed by atoms with van der Waals surface area (Å²) in [6.45, 7) is 0. The van der Waals surface area contributed by atoms with Crippen LogP contribution in [0.25, 0.3) is 11.4 Å². The van der Waals surface area contributed by atoms with Crippen LogP contribution in [0.2, 0.25) is 5.02 Å². The zero-order valence-corrected chi connectivity index (χ0v) is 12.2. The van der Waals surface area contributed by atoms with Gasteiger partial charge in [0.05, 0.1) is 5.02 Å². The fraction of sp³-hybridized carbons (Fsp3) is 0. The number of ether oxygens (including phenoxy) is 1. The van der Waals surface area contributed by atoms with Gasteiger partial charge in [0.1, 0.15) is 11.5 Å². The predicted molar refractivity (Wildman–Crippen MR) is 85.6 cm³/mol. The Labute approximate surface area is 131 Å². The van der Waals surface area contributed by atoms with Gasteiger partial charge in [-0.1, -0.05) is 23.7 Å². The molecule has 0 atom stereocenters. The summed E-state index contributed by atoms with van der Waals surface area (Å²) in [7, 11) is 0. The van der Waals surface area contributed by atoms with E-state index < -0.39 is 0 Å². The summed E-state index contributed by atoms with van der Waals surface area (Å²) in [6.07, 6.45) is 0. The van der Waals surface area contributed by atoms with E-state index >= 15 is 0 Å². The van der Waals surface area contributed by atoms with Gasteiger partial charge < -0.3 is 16.2 Å². The molecule has 7 heteroatoms. The Morgan fingerprint density at radius 2 is 1.45 bits per heavy atom. The average molecular weight is 314 g/mol. The third kappa shape index (κ3) is 3.07. The largest absolute Gasteiger partial charge is 0.456 e. The minimum atomic E-state index is 0.0823. The van der Waals surface area contributed by atoms with Crippen molar-refractivity contribution in [2.45, 2.75) is 0 Å². The highest BCUT2D eigenvalue weighted by Crippen LogP contribution is 2.29. The van der Waals surface area contributed by atoms with Crippen LogP contribution in [0.5, 0.6) is 11.5 Å². The number of nitrogen functional groups attached to an aromatic ring is 2. The lowest BCUT2D eigenvalue weighted by Gasteiger charge is -2.08. The molecule has 6 nitrogen and oxygen atoms in total. The topological polar surface area (TPSA) is 99.9 Å². The van der Waals surface area contributed by atoms with Crippen molar-refractivity contribution < 1.29 is 4.74 Å². The molecule has 0 spiro atoms. The monoisotopic (exact) mass is 313 g/mol. The van der Waals surface area contributed by atoms with Gasteiger partial charge in [-0.2, -0.15) is 15.0 Å². The van der Waals surface area contributed by atoms with Crippen molar-refractivity contribution in [2.24, 2.45) is 0 Å². The molecule has 1 heterocycles. The second kappa shape index (κ2) is 5.87. The molecule has 110 valence electrons. The minimum absolute atomic E-state index is 0.0823. The highest BCUT2D eigenvalue weighted by Gasteiger charge is 2.06. The summed E-state index contributed by atoms with van der Waals surface area (Å²) in [5.74, 6) is 1.81. The lowest BCUT2D eigenvalue weighted by molar-refractivity contribution is 0.483. The molecule has 0 aliphatic carbocycles. The van der Waals surface area contributed by atoms with Crippen molar-refractivity contribution in [3.63, 3.8) is 0 Å². The Bertz CT molecular complexity index is 787. The van der Waals surface area contributed by atoms with Gasteiger partial charge in [-0.05, 0) is 36.4 Å². The van der Waals surface area contributed by atoms with Crippen LogP contribution in [0, 0.1) is 0 Å². The molecule has 2 aromatic carbocycles. The summed E-state index contributed by atoms with van der Waals surface area (Å²) in [5.41, 5.74) is 11.9. The number of benzene rings is 2. The highest BCUT2D eigenvalue weighted by atomic mass is 35.5. The molecule has 0 fully saturated rings. The van der Waals surface area contributed by atoms with Crippen LogP contribution in [0.3, 0.4) is 0 Å². The van der Waals surface area contributed by atoms with Crippen LogP contribution in [-0.4, -0.2) is 15.0 Å². The molecule has 3 aromatic rings. The molecule has 0 radical (unpaired) electrons. The molecular weight excluding hydrogens is 302 g/mol. The van der Waals surface area contributed by atoms with E-state index in [1.54, 1.807) is 36.4 Å². The molecule has 4 N–H and O–H groups in total. The predicted octanol–water partition coefficient (Wildman–Crippen LogP) is 3.15. The summed E-state index contributed by atoms with van der Waals surface area (Å²) in [5, 5.41) is 0.546. The quantitative estimate of drug-likeness (QED) is 0.770. The third-order valence-electron chi connectivity index (χ3n) is 2.85. The standard InChI is InChI=1S/C15H12ClN5O/c16-11-3-1-2-4-12(11)22-10-7-5-9(6-8-10)13-19-14(17)21-15(18)20-13/h1-8H,(H4,17,18,19,20,21). The number of hydrogen-bond acceptors (Lipinski definition) is 6. The van der Waals surface area contributed by atoms with Crippen molar-refractivity contribution in [1.82, 2.24) is 15.0 Å². The lowest BCUT2D eigenvalue weighted by atomic mass is 10.2. The van der Waals surface area contributed by atoms with Crippen LogP contribution in [0.4, 0.5) is 11.9 Å². The molecule has 0 saturated carbocycles. The zero-order valence-electron chi connectivity index (χ0n) is 11.4. The maximum atomic E-state index is 6.06. The molecule has 0 saturated heterocycles. The van der Waals surface area contributed by atoms with E-state index in [2.05, 4.69) is 15.0 Å². The van der Waals surface area contributed by atoms with E-state index in [9.17, 15) is 0 Å². The first-order valence-electron chi connectivity index (χ1n) is 6.41. The smallest absolute Gasteiger partial charge is 0.225 e. The Balaban J connectivity index is 1.85. The molecule has 22 heavy (non-hydrogen) atoms. The Hall–Kier alpha value is -2.86. The Morgan fingerprint density at radius 3 is 2.09 bits per heavy atom. The summed E-state index contributed by atoms with van der Waals surface area (Å²) in [4.78, 5) is 11.8. The van der Waals surface area contributed by atoms with Crippen molar-refractivity contribution >= 4 is 23.5 Å². The van der Waals surface area contributed by atoms with Gasteiger partial charge in [0, 0.05) is 5.56 Å². The van der Waals surface area contributed by atoms with Crippen molar-refractivity contribution in [1.29, 1.82) is 0 Å². The van der Waals surface area contributed by atoms with Crippen LogP contribution in [0.15, 0.2) is 48.5 Å². The molecule has 0 aliphatic rings. The number of para-hydroxylation sites is 1. The van der Waals surface area contributed by atoms with Crippen LogP contribution in [-0.2, 0) is 0 Å². The first-order valence-corrected chi connectivity index (χ1v) is 6.79. The minimum Gasteiger partial charge on any atom is -0.456 e. The number of nitrogens with zero attached hydrogens (tertiary/aromatic N) is 3. The molecule has 0 amide bonds. The number of aromatic nitrogens is 3. The highest BCUT2D eigenvalue weighted by molar-refractivity contribution is 6.32. The Kier molecular flexibility index (Phi) is 3.76. The summed E-state index contributed by atoms with van der Waals surface area (Å²) >= 11 is 6.06. The van der Waals surface area contributed by atoms with Gasteiger partial charge in [-0.3, -0.25) is 0 Å². The number of halogens is 1. The van der Waals surface area contributed by atoms with Crippen LogP contribution >= 0.6 is 11.6 Å². The lowest BCUT2D eigenvalue weighted by Crippen LogP contribution is -2.04. The average Bonchev–Trinajstić information content (AvgIpc) is 2.49. The number of hydrogen-bond donors (Lipinski definition) is 2. The van der Waals surface area contributed by atoms with E-state index in [-0.39, 0.29) is 11.9 Å². The number of nitrogens with two attached hydrogens (primary N) is 2. The molecule has 0 bridgehead atoms. The molecule has 0 aliphatic heterocycles. The van der Waals surface area contributed by atoms with Crippen LogP contribution in [0.1, 0.15) is 0 Å². The molecule has 3 rings (SSSR count). The normalized spacial score (nSPS) is 10.4. The summed E-state index contributed by atoms with van der Waals surface area (Å²) in [6, 6.07) is 14.4. The molecule has 0 unspecified atom stereocenters. The SMILES string of the molecule is Nc1nc(N)nc(-c2ccc(Oc3ccccc3Cl)cc2)n1. The van der Waals surface area contributed by atoms with Crippen molar-refractivity contribution in [2.75, 3.05) is 11.5 Å². The second-order valence-corrected chi connectivity index (χ2v) is 4.84. The van der Waals surface area contributed by atoms with Crippen molar-refractivity contribution in [3.05, 3.63) is 53.6 Å². The maximum Gasteiger partial charge on any atom is 0.225 e. The van der Waals surface area contributed by atoms with E-state index in [0.29, 0.717) is 22.3 Å². The van der Waals surface area contributed by atoms with E-state index in [0.717, 1.165) is 5.56 Å².